The summed E-state index contributed by atoms with van der Waals surface area (Å²) >= 11 is 7.88. The predicted molar refractivity (Wildman–Crippen MR) is 120 cm³/mol. The maximum Gasteiger partial charge on any atom is 0.265 e. The average molecular weight is 427 g/mol. The third-order valence-electron chi connectivity index (χ3n) is 5.04. The third-order valence-corrected chi connectivity index (χ3v) is 6.25. The Kier molecular flexibility index (Phi) is 6.16. The van der Waals surface area contributed by atoms with E-state index in [0.717, 1.165) is 52.7 Å². The quantitative estimate of drug-likeness (QED) is 0.408. The van der Waals surface area contributed by atoms with Crippen LogP contribution in [0.4, 0.5) is 5.69 Å². The van der Waals surface area contributed by atoms with Gasteiger partial charge in [-0.3, -0.25) is 4.79 Å². The molecule has 4 rings (SSSR count). The molecule has 1 aromatic heterocycles. The number of halogens is 1. The molecule has 0 unspecified atom stereocenters. The predicted octanol–water partition coefficient (Wildman–Crippen LogP) is 6.44. The molecule has 0 fully saturated rings. The summed E-state index contributed by atoms with van der Waals surface area (Å²) in [5.41, 5.74) is 3.61. The van der Waals surface area contributed by atoms with Crippen molar-refractivity contribution in [1.29, 1.82) is 0 Å². The fourth-order valence-corrected chi connectivity index (χ4v) is 4.62. The van der Waals surface area contributed by atoms with Gasteiger partial charge in [0.1, 0.15) is 10.8 Å². The molecule has 1 aliphatic rings. The van der Waals surface area contributed by atoms with Crippen molar-refractivity contribution in [3.63, 3.8) is 0 Å². The number of aromatic nitrogens is 1. The molecule has 0 spiro atoms. The maximum absolute atomic E-state index is 12.5. The second-order valence-corrected chi connectivity index (χ2v) is 8.36. The number of anilines is 1. The van der Waals surface area contributed by atoms with Crippen LogP contribution in [0.2, 0.25) is 5.02 Å². The average Bonchev–Trinajstić information content (AvgIpc) is 3.22. The number of nitrogens with zero attached hydrogens (tertiary/aromatic N) is 2. The molecule has 2 aromatic carbocycles. The van der Waals surface area contributed by atoms with E-state index in [-0.39, 0.29) is 12.5 Å². The number of thiazole rings is 1. The van der Waals surface area contributed by atoms with Crippen molar-refractivity contribution >= 4 is 34.5 Å². The lowest BCUT2D eigenvalue weighted by Crippen LogP contribution is -2.39. The van der Waals surface area contributed by atoms with Gasteiger partial charge in [0.25, 0.3) is 5.91 Å². The molecule has 2 heterocycles. The zero-order valence-electron chi connectivity index (χ0n) is 16.4. The van der Waals surface area contributed by atoms with E-state index in [0.29, 0.717) is 5.02 Å². The molecule has 4 nitrogen and oxygen atoms in total. The smallest absolute Gasteiger partial charge is 0.265 e. The van der Waals surface area contributed by atoms with Crippen molar-refractivity contribution in [1.82, 2.24) is 4.98 Å². The van der Waals surface area contributed by atoms with E-state index in [1.807, 2.05) is 52.7 Å². The summed E-state index contributed by atoms with van der Waals surface area (Å²) in [6, 6.07) is 13.7. The standard InChI is InChI=1S/C23H23ClN2O2S/c1-2-3-4-7-12-26-20-13-16(10-11-21(20)28-14-22(26)27)19-15-29-23(25-19)17-8-5-6-9-18(17)24/h5-6,8-11,13,15H,2-4,7,12,14H2,1H3. The Morgan fingerprint density at radius 3 is 2.86 bits per heavy atom. The second kappa shape index (κ2) is 8.97. The molecule has 0 saturated carbocycles. The Morgan fingerprint density at radius 1 is 1.17 bits per heavy atom. The van der Waals surface area contributed by atoms with Crippen molar-refractivity contribution in [2.75, 3.05) is 18.1 Å². The van der Waals surface area contributed by atoms with Crippen molar-refractivity contribution in [2.45, 2.75) is 32.6 Å². The number of rotatable bonds is 7. The molecular weight excluding hydrogens is 404 g/mol. The topological polar surface area (TPSA) is 42.4 Å². The first-order valence-electron chi connectivity index (χ1n) is 9.95. The minimum atomic E-state index is 0.0150. The summed E-state index contributed by atoms with van der Waals surface area (Å²) in [4.78, 5) is 19.1. The van der Waals surface area contributed by atoms with Crippen LogP contribution in [0.5, 0.6) is 5.75 Å². The van der Waals surface area contributed by atoms with Gasteiger partial charge in [-0.15, -0.1) is 11.3 Å². The molecule has 0 saturated heterocycles. The Hall–Kier alpha value is -2.37. The molecule has 0 bridgehead atoms. The highest BCUT2D eigenvalue weighted by Gasteiger charge is 2.25. The molecule has 0 N–H and O–H groups in total. The molecular formula is C23H23ClN2O2S. The van der Waals surface area contributed by atoms with Gasteiger partial charge in [0, 0.05) is 23.1 Å². The van der Waals surface area contributed by atoms with Crippen LogP contribution in [0.3, 0.4) is 0 Å². The fraction of sp³-hybridized carbons (Fsp3) is 0.304. The number of unbranched alkanes of at least 4 members (excludes halogenated alkanes) is 3. The molecule has 0 atom stereocenters. The van der Waals surface area contributed by atoms with Crippen molar-refractivity contribution in [3.8, 4) is 27.6 Å². The molecule has 0 radical (unpaired) electrons. The van der Waals surface area contributed by atoms with E-state index in [9.17, 15) is 4.79 Å². The number of fused-ring (bicyclic) bond motifs is 1. The molecule has 6 heteroatoms. The SMILES string of the molecule is CCCCCCN1C(=O)COc2ccc(-c3csc(-c4ccccc4Cl)n3)cc21. The number of hydrogen-bond acceptors (Lipinski definition) is 4. The van der Waals surface area contributed by atoms with Crippen molar-refractivity contribution < 1.29 is 9.53 Å². The van der Waals surface area contributed by atoms with Crippen LogP contribution in [-0.2, 0) is 4.79 Å². The first-order valence-corrected chi connectivity index (χ1v) is 11.2. The first-order chi connectivity index (χ1) is 14.2. The fourth-order valence-electron chi connectivity index (χ4n) is 3.47. The molecule has 150 valence electrons. The van der Waals surface area contributed by atoms with Crippen LogP contribution in [0.25, 0.3) is 21.8 Å². The minimum Gasteiger partial charge on any atom is -0.482 e. The zero-order valence-corrected chi connectivity index (χ0v) is 17.9. The van der Waals surface area contributed by atoms with Gasteiger partial charge in [-0.1, -0.05) is 56.0 Å². The summed E-state index contributed by atoms with van der Waals surface area (Å²) in [6.07, 6.45) is 4.49. The van der Waals surface area contributed by atoms with Gasteiger partial charge in [0.15, 0.2) is 6.61 Å². The second-order valence-electron chi connectivity index (χ2n) is 7.09. The Labute approximate surface area is 180 Å². The van der Waals surface area contributed by atoms with E-state index in [1.165, 1.54) is 12.8 Å². The Balaban J connectivity index is 1.61. The summed E-state index contributed by atoms with van der Waals surface area (Å²) in [6.45, 7) is 3.01. The number of amides is 1. The lowest BCUT2D eigenvalue weighted by atomic mass is 10.1. The van der Waals surface area contributed by atoms with Crippen molar-refractivity contribution in [2.24, 2.45) is 0 Å². The summed E-state index contributed by atoms with van der Waals surface area (Å²) in [7, 11) is 0. The summed E-state index contributed by atoms with van der Waals surface area (Å²) in [5, 5.41) is 3.60. The number of benzene rings is 2. The maximum atomic E-state index is 12.5. The van der Waals surface area contributed by atoms with Crippen LogP contribution in [0.15, 0.2) is 47.8 Å². The lowest BCUT2D eigenvalue weighted by molar-refractivity contribution is -0.121. The highest BCUT2D eigenvalue weighted by molar-refractivity contribution is 7.13. The number of carbonyl (C=O) groups excluding carboxylic acids is 1. The minimum absolute atomic E-state index is 0.0150. The molecule has 29 heavy (non-hydrogen) atoms. The molecule has 3 aromatic rings. The summed E-state index contributed by atoms with van der Waals surface area (Å²) in [5.74, 6) is 0.770. The van der Waals surface area contributed by atoms with Gasteiger partial charge >= 0.3 is 0 Å². The Morgan fingerprint density at radius 2 is 2.03 bits per heavy atom. The van der Waals surface area contributed by atoms with E-state index in [1.54, 1.807) is 11.3 Å². The van der Waals surface area contributed by atoms with E-state index in [4.69, 9.17) is 21.3 Å². The van der Waals surface area contributed by atoms with Crippen LogP contribution >= 0.6 is 22.9 Å². The highest BCUT2D eigenvalue weighted by atomic mass is 35.5. The van der Waals surface area contributed by atoms with E-state index >= 15 is 0 Å². The van der Waals surface area contributed by atoms with E-state index < -0.39 is 0 Å². The normalized spacial score (nSPS) is 13.3. The van der Waals surface area contributed by atoms with Gasteiger partial charge in [-0.25, -0.2) is 4.98 Å². The van der Waals surface area contributed by atoms with Gasteiger partial charge in [0.05, 0.1) is 16.4 Å². The first kappa shape index (κ1) is 19.9. The van der Waals surface area contributed by atoms with Gasteiger partial charge < -0.3 is 9.64 Å². The van der Waals surface area contributed by atoms with Gasteiger partial charge in [0.2, 0.25) is 0 Å². The number of hydrogen-bond donors (Lipinski definition) is 0. The van der Waals surface area contributed by atoms with Gasteiger partial charge in [-0.2, -0.15) is 0 Å². The largest absolute Gasteiger partial charge is 0.482 e. The molecule has 0 aliphatic carbocycles. The lowest BCUT2D eigenvalue weighted by Gasteiger charge is -2.29. The Bertz CT molecular complexity index is 1020. The monoisotopic (exact) mass is 426 g/mol. The highest BCUT2D eigenvalue weighted by Crippen LogP contribution is 2.38. The van der Waals surface area contributed by atoms with Crippen LogP contribution in [0, 0.1) is 0 Å². The molecule has 1 amide bonds. The number of carbonyl (C=O) groups is 1. The van der Waals surface area contributed by atoms with Crippen LogP contribution in [-0.4, -0.2) is 24.0 Å². The third kappa shape index (κ3) is 4.31. The van der Waals surface area contributed by atoms with E-state index in [2.05, 4.69) is 6.92 Å². The van der Waals surface area contributed by atoms with Crippen LogP contribution < -0.4 is 9.64 Å². The van der Waals surface area contributed by atoms with Crippen LogP contribution in [0.1, 0.15) is 32.6 Å². The summed E-state index contributed by atoms with van der Waals surface area (Å²) < 4.78 is 5.65. The van der Waals surface area contributed by atoms with Crippen molar-refractivity contribution in [3.05, 3.63) is 52.9 Å². The number of ether oxygens (including phenoxy) is 1. The van der Waals surface area contributed by atoms with Gasteiger partial charge in [-0.05, 0) is 30.7 Å². The molecule has 1 aliphatic heterocycles. The zero-order chi connectivity index (χ0) is 20.2.